The van der Waals surface area contributed by atoms with Crippen LogP contribution in [-0.4, -0.2) is 58.1 Å². The molecule has 7 nitrogen and oxygen atoms in total. The van der Waals surface area contributed by atoms with E-state index in [1.165, 1.54) is 22.5 Å². The van der Waals surface area contributed by atoms with Crippen LogP contribution in [0.3, 0.4) is 0 Å². The highest BCUT2D eigenvalue weighted by Gasteiger charge is 2.26. The number of hydrogen-bond donors (Lipinski definition) is 1. The van der Waals surface area contributed by atoms with E-state index >= 15 is 0 Å². The molecule has 9 heteroatoms. The lowest BCUT2D eigenvalue weighted by molar-refractivity contribution is -0.124. The van der Waals surface area contributed by atoms with Gasteiger partial charge in [-0.3, -0.25) is 4.79 Å². The lowest BCUT2D eigenvalue weighted by atomic mass is 10.2. The number of benzene rings is 1. The molecular weight excluding hydrogens is 380 g/mol. The molecular formula is C17H25ClN2O5S. The van der Waals surface area contributed by atoms with Crippen molar-refractivity contribution in [1.82, 2.24) is 9.62 Å². The molecule has 2 rings (SSSR count). The predicted octanol–water partition coefficient (Wildman–Crippen LogP) is 2.04. The molecule has 26 heavy (non-hydrogen) atoms. The maximum absolute atomic E-state index is 12.7. The van der Waals surface area contributed by atoms with E-state index in [4.69, 9.17) is 21.1 Å². The first-order valence-electron chi connectivity index (χ1n) is 8.55. The Bertz CT molecular complexity index is 720. The summed E-state index contributed by atoms with van der Waals surface area (Å²) in [5, 5.41) is 2.87. The Morgan fingerprint density at radius 2 is 2.00 bits per heavy atom. The molecule has 0 unspecified atom stereocenters. The van der Waals surface area contributed by atoms with Gasteiger partial charge in [0.2, 0.25) is 10.0 Å². The van der Waals surface area contributed by atoms with E-state index in [2.05, 4.69) is 5.32 Å². The van der Waals surface area contributed by atoms with Crippen LogP contribution in [0, 0.1) is 0 Å². The standard InChI is InChI=1S/C17H25ClN2O5S/c1-13(11-24-2)19-17(21)12-25-16-7-6-14(10-15(16)18)26(22,23)20-8-4-3-5-9-20/h6-7,10,13H,3-5,8-9,11-12H2,1-2H3,(H,19,21)/t13-/m0/s1. The fourth-order valence-corrected chi connectivity index (χ4v) is 4.61. The fourth-order valence-electron chi connectivity index (χ4n) is 2.76. The molecule has 1 heterocycles. The first-order chi connectivity index (χ1) is 12.3. The third-order valence-electron chi connectivity index (χ3n) is 4.04. The molecule has 0 bridgehead atoms. The number of piperidine rings is 1. The van der Waals surface area contributed by atoms with Gasteiger partial charge in [0.05, 0.1) is 16.5 Å². The summed E-state index contributed by atoms with van der Waals surface area (Å²) in [7, 11) is -2.00. The topological polar surface area (TPSA) is 84.9 Å². The molecule has 1 fully saturated rings. The van der Waals surface area contributed by atoms with Gasteiger partial charge in [0, 0.05) is 26.2 Å². The first kappa shape index (κ1) is 21.0. The van der Waals surface area contributed by atoms with Crippen molar-refractivity contribution < 1.29 is 22.7 Å². The van der Waals surface area contributed by atoms with Crippen LogP contribution in [0.2, 0.25) is 5.02 Å². The molecule has 1 amide bonds. The van der Waals surface area contributed by atoms with Crippen molar-refractivity contribution in [2.24, 2.45) is 0 Å². The minimum Gasteiger partial charge on any atom is -0.482 e. The van der Waals surface area contributed by atoms with E-state index < -0.39 is 10.0 Å². The number of halogens is 1. The van der Waals surface area contributed by atoms with E-state index in [1.54, 1.807) is 7.11 Å². The minimum absolute atomic E-state index is 0.134. The highest BCUT2D eigenvalue weighted by molar-refractivity contribution is 7.89. The van der Waals surface area contributed by atoms with Crippen LogP contribution in [0.15, 0.2) is 23.1 Å². The maximum Gasteiger partial charge on any atom is 0.258 e. The summed E-state index contributed by atoms with van der Waals surface area (Å²) >= 11 is 6.15. The Morgan fingerprint density at radius 1 is 1.31 bits per heavy atom. The molecule has 146 valence electrons. The summed E-state index contributed by atoms with van der Waals surface area (Å²) in [4.78, 5) is 11.9. The zero-order valence-electron chi connectivity index (χ0n) is 15.0. The molecule has 0 radical (unpaired) electrons. The quantitative estimate of drug-likeness (QED) is 0.716. The van der Waals surface area contributed by atoms with Crippen molar-refractivity contribution in [2.75, 3.05) is 33.4 Å². The second kappa shape index (κ2) is 9.55. The summed E-state index contributed by atoms with van der Waals surface area (Å²) < 4.78 is 37.1. The van der Waals surface area contributed by atoms with Gasteiger partial charge in [0.1, 0.15) is 5.75 Å². The molecule has 0 saturated carbocycles. The Kier molecular flexibility index (Phi) is 7.69. The van der Waals surface area contributed by atoms with Gasteiger partial charge in [-0.1, -0.05) is 18.0 Å². The van der Waals surface area contributed by atoms with Gasteiger partial charge < -0.3 is 14.8 Å². The van der Waals surface area contributed by atoms with Crippen LogP contribution in [0.1, 0.15) is 26.2 Å². The second-order valence-corrected chi connectivity index (χ2v) is 8.61. The van der Waals surface area contributed by atoms with Crippen LogP contribution >= 0.6 is 11.6 Å². The summed E-state index contributed by atoms with van der Waals surface area (Å²) in [5.74, 6) is -0.0468. The molecule has 1 N–H and O–H groups in total. The van der Waals surface area contributed by atoms with Gasteiger partial charge in [-0.05, 0) is 38.0 Å². The van der Waals surface area contributed by atoms with Crippen LogP contribution in [0.5, 0.6) is 5.75 Å². The molecule has 1 aromatic rings. The SMILES string of the molecule is COC[C@H](C)NC(=O)COc1ccc(S(=O)(=O)N2CCCCC2)cc1Cl. The average Bonchev–Trinajstić information content (AvgIpc) is 2.61. The van der Waals surface area contributed by atoms with Gasteiger partial charge in [0.15, 0.2) is 6.61 Å². The third kappa shape index (κ3) is 5.57. The Labute approximate surface area is 159 Å². The lowest BCUT2D eigenvalue weighted by Crippen LogP contribution is -2.38. The normalized spacial score (nSPS) is 16.9. The van der Waals surface area contributed by atoms with E-state index in [9.17, 15) is 13.2 Å². The molecule has 0 spiro atoms. The number of rotatable bonds is 8. The third-order valence-corrected chi connectivity index (χ3v) is 6.23. The molecule has 1 aromatic carbocycles. The molecule has 0 aromatic heterocycles. The highest BCUT2D eigenvalue weighted by Crippen LogP contribution is 2.29. The van der Waals surface area contributed by atoms with Crippen LogP contribution in [-0.2, 0) is 19.6 Å². The maximum atomic E-state index is 12.7. The monoisotopic (exact) mass is 404 g/mol. The van der Waals surface area contributed by atoms with Crippen molar-refractivity contribution in [3.05, 3.63) is 23.2 Å². The molecule has 0 aliphatic carbocycles. The molecule has 1 atom stereocenters. The van der Waals surface area contributed by atoms with Crippen molar-refractivity contribution in [1.29, 1.82) is 0 Å². The number of sulfonamides is 1. The van der Waals surface area contributed by atoms with E-state index in [0.717, 1.165) is 19.3 Å². The highest BCUT2D eigenvalue weighted by atomic mass is 35.5. The summed E-state index contributed by atoms with van der Waals surface area (Å²) in [5.41, 5.74) is 0. The number of amides is 1. The van der Waals surface area contributed by atoms with Crippen molar-refractivity contribution in [3.63, 3.8) is 0 Å². The molecule has 1 saturated heterocycles. The van der Waals surface area contributed by atoms with Crippen molar-refractivity contribution >= 4 is 27.5 Å². The van der Waals surface area contributed by atoms with Crippen molar-refractivity contribution in [3.8, 4) is 5.75 Å². The second-order valence-electron chi connectivity index (χ2n) is 6.27. The molecule has 1 aliphatic heterocycles. The minimum atomic E-state index is -3.55. The van der Waals surface area contributed by atoms with E-state index in [1.807, 2.05) is 6.92 Å². The Balaban J connectivity index is 1.99. The number of nitrogens with one attached hydrogen (secondary N) is 1. The van der Waals surface area contributed by atoms with Gasteiger partial charge in [0.25, 0.3) is 5.91 Å². The van der Waals surface area contributed by atoms with Crippen molar-refractivity contribution in [2.45, 2.75) is 37.1 Å². The number of methoxy groups -OCH3 is 1. The number of carbonyl (C=O) groups is 1. The summed E-state index contributed by atoms with van der Waals surface area (Å²) in [6.45, 7) is 3.05. The number of nitrogens with zero attached hydrogens (tertiary/aromatic N) is 1. The largest absolute Gasteiger partial charge is 0.482 e. The predicted molar refractivity (Wildman–Crippen MR) is 99.0 cm³/mol. The van der Waals surface area contributed by atoms with Gasteiger partial charge >= 0.3 is 0 Å². The zero-order chi connectivity index (χ0) is 19.2. The Hall–Kier alpha value is -1.35. The van der Waals surface area contributed by atoms with Crippen LogP contribution < -0.4 is 10.1 Å². The van der Waals surface area contributed by atoms with Crippen LogP contribution in [0.4, 0.5) is 0 Å². The van der Waals surface area contributed by atoms with E-state index in [0.29, 0.717) is 19.7 Å². The van der Waals surface area contributed by atoms with Gasteiger partial charge in [-0.25, -0.2) is 8.42 Å². The molecule has 1 aliphatic rings. The first-order valence-corrected chi connectivity index (χ1v) is 10.4. The zero-order valence-corrected chi connectivity index (χ0v) is 16.6. The number of carbonyl (C=O) groups excluding carboxylic acids is 1. The lowest BCUT2D eigenvalue weighted by Gasteiger charge is -2.26. The van der Waals surface area contributed by atoms with Gasteiger partial charge in [-0.15, -0.1) is 0 Å². The number of hydrogen-bond acceptors (Lipinski definition) is 5. The fraction of sp³-hybridized carbons (Fsp3) is 0.588. The van der Waals surface area contributed by atoms with E-state index in [-0.39, 0.29) is 34.2 Å². The van der Waals surface area contributed by atoms with Crippen LogP contribution in [0.25, 0.3) is 0 Å². The summed E-state index contributed by atoms with van der Waals surface area (Å²) in [6.07, 6.45) is 2.78. The Morgan fingerprint density at radius 3 is 2.62 bits per heavy atom. The smallest absolute Gasteiger partial charge is 0.258 e. The average molecular weight is 405 g/mol. The van der Waals surface area contributed by atoms with Gasteiger partial charge in [-0.2, -0.15) is 4.31 Å². The summed E-state index contributed by atoms with van der Waals surface area (Å²) in [6, 6.07) is 4.16. The number of ether oxygens (including phenoxy) is 2.